The lowest BCUT2D eigenvalue weighted by molar-refractivity contribution is 0.0298. The molecular formula is C40H41ClF3N7O4. The van der Waals surface area contributed by atoms with Crippen molar-refractivity contribution in [2.45, 2.75) is 63.8 Å². The Morgan fingerprint density at radius 1 is 1.05 bits per heavy atom. The standard InChI is InChI=1S/C40H41ClF3N7O4/c1-2-26-30(43)8-5-23-17-25(52)18-29(32(23)26)27-6-7-28-35(34(27)44)45-39(55-22-40-9-3-11-50(40)20-24(42)19-40)46-37(28)49-10-4-12-51-31(21-49)33(41)36(47-51)38(53)48-13-15-54-16-14-48/h5-8,17-18,24,52H,2-4,9-16,19-22H2,1H3/t24-,40+/m1/s1. The van der Waals surface area contributed by atoms with E-state index in [0.717, 1.165) is 19.4 Å². The number of hydrogen-bond donors (Lipinski definition) is 1. The zero-order chi connectivity index (χ0) is 38.0. The molecule has 4 aliphatic heterocycles. The Morgan fingerprint density at radius 3 is 2.71 bits per heavy atom. The van der Waals surface area contributed by atoms with Crippen molar-refractivity contribution in [2.24, 2.45) is 0 Å². The fourth-order valence-corrected chi connectivity index (χ4v) is 9.34. The summed E-state index contributed by atoms with van der Waals surface area (Å²) in [7, 11) is 0. The number of phenols is 1. The number of hydrogen-bond acceptors (Lipinski definition) is 9. The summed E-state index contributed by atoms with van der Waals surface area (Å²) < 4.78 is 60.6. The maximum Gasteiger partial charge on any atom is 0.319 e. The van der Waals surface area contributed by atoms with Crippen LogP contribution in [0.5, 0.6) is 11.8 Å². The maximum atomic E-state index is 17.3. The van der Waals surface area contributed by atoms with Gasteiger partial charge < -0.3 is 24.4 Å². The normalized spacial score (nSPS) is 21.7. The number of amides is 1. The number of benzene rings is 3. The average molecular weight is 776 g/mol. The summed E-state index contributed by atoms with van der Waals surface area (Å²) in [6.07, 6.45) is 2.05. The minimum Gasteiger partial charge on any atom is -0.508 e. The van der Waals surface area contributed by atoms with Crippen molar-refractivity contribution in [3.63, 3.8) is 0 Å². The highest BCUT2D eigenvalue weighted by molar-refractivity contribution is 6.34. The monoisotopic (exact) mass is 775 g/mol. The van der Waals surface area contributed by atoms with Gasteiger partial charge in [-0.1, -0.05) is 30.7 Å². The van der Waals surface area contributed by atoms with E-state index in [-0.39, 0.29) is 52.6 Å². The van der Waals surface area contributed by atoms with Crippen LogP contribution in [0.1, 0.15) is 54.4 Å². The Morgan fingerprint density at radius 2 is 1.89 bits per heavy atom. The number of aromatic nitrogens is 4. The summed E-state index contributed by atoms with van der Waals surface area (Å²) in [5.74, 6) is -1.05. The molecule has 0 bridgehead atoms. The van der Waals surface area contributed by atoms with Crippen molar-refractivity contribution in [1.82, 2.24) is 29.5 Å². The molecule has 0 aliphatic carbocycles. The third-order valence-corrected chi connectivity index (χ3v) is 12.1. The molecule has 1 N–H and O–H groups in total. The van der Waals surface area contributed by atoms with Gasteiger partial charge in [0.05, 0.1) is 36.0 Å². The van der Waals surface area contributed by atoms with Crippen LogP contribution in [0.4, 0.5) is 19.0 Å². The van der Waals surface area contributed by atoms with Crippen molar-refractivity contribution >= 4 is 45.0 Å². The number of fused-ring (bicyclic) bond motifs is 4. The molecule has 11 nitrogen and oxygen atoms in total. The zero-order valence-electron chi connectivity index (χ0n) is 30.5. The van der Waals surface area contributed by atoms with Gasteiger partial charge in [-0.3, -0.25) is 14.4 Å². The minimum absolute atomic E-state index is 0.0222. The molecule has 3 aromatic carbocycles. The number of anilines is 1. The number of ether oxygens (including phenoxy) is 2. The van der Waals surface area contributed by atoms with Crippen LogP contribution in [0.2, 0.25) is 5.02 Å². The number of morpholine rings is 1. The molecule has 2 aromatic heterocycles. The molecule has 5 aromatic rings. The van der Waals surface area contributed by atoms with Gasteiger partial charge in [-0.15, -0.1) is 0 Å². The Hall–Kier alpha value is -4.66. The van der Waals surface area contributed by atoms with Crippen molar-refractivity contribution < 1.29 is 32.5 Å². The lowest BCUT2D eigenvalue weighted by Crippen LogP contribution is -2.43. The summed E-state index contributed by atoms with van der Waals surface area (Å²) >= 11 is 6.94. The number of aromatic hydroxyl groups is 1. The molecule has 2 atom stereocenters. The van der Waals surface area contributed by atoms with E-state index in [0.29, 0.717) is 104 Å². The Bertz CT molecular complexity index is 2340. The fraction of sp³-hybridized carbons (Fsp3) is 0.450. The molecule has 15 heteroatoms. The molecule has 4 aliphatic rings. The first-order valence-electron chi connectivity index (χ1n) is 19.0. The van der Waals surface area contributed by atoms with Crippen LogP contribution in [0, 0.1) is 11.6 Å². The quantitative estimate of drug-likeness (QED) is 0.194. The SMILES string of the molecule is CCc1c(F)ccc2cc(O)cc(-c3ccc4c(N5CCCn6nc(C(=O)N7CCOCC7)c(Cl)c6C5)nc(OC[C@@]56CCCN5C[C@H](F)C6)nc4c3F)c12. The van der Waals surface area contributed by atoms with Gasteiger partial charge >= 0.3 is 6.01 Å². The maximum absolute atomic E-state index is 17.3. The highest BCUT2D eigenvalue weighted by Crippen LogP contribution is 2.43. The first-order valence-corrected chi connectivity index (χ1v) is 19.4. The van der Waals surface area contributed by atoms with Gasteiger partial charge in [0.1, 0.15) is 35.7 Å². The van der Waals surface area contributed by atoms with Gasteiger partial charge in [-0.25, -0.2) is 13.2 Å². The number of rotatable bonds is 7. The molecule has 9 rings (SSSR count). The fourth-order valence-electron chi connectivity index (χ4n) is 9.06. The number of alkyl halides is 1. The second kappa shape index (κ2) is 14.1. The van der Waals surface area contributed by atoms with Crippen LogP contribution >= 0.6 is 11.6 Å². The summed E-state index contributed by atoms with van der Waals surface area (Å²) in [6.45, 7) is 6.10. The number of carbonyl (C=O) groups is 1. The first-order chi connectivity index (χ1) is 26.6. The van der Waals surface area contributed by atoms with Crippen molar-refractivity contribution in [2.75, 3.05) is 57.4 Å². The van der Waals surface area contributed by atoms with Crippen molar-refractivity contribution in [3.05, 3.63) is 70.0 Å². The predicted molar refractivity (Wildman–Crippen MR) is 202 cm³/mol. The lowest BCUT2D eigenvalue weighted by atomic mass is 9.92. The second-order valence-corrected chi connectivity index (χ2v) is 15.4. The Balaban J connectivity index is 1.16. The van der Waals surface area contributed by atoms with Gasteiger partial charge in [-0.05, 0) is 78.4 Å². The molecule has 0 radical (unpaired) electrons. The van der Waals surface area contributed by atoms with Gasteiger partial charge in [0.2, 0.25) is 0 Å². The highest BCUT2D eigenvalue weighted by Gasteiger charge is 2.49. The molecule has 0 saturated carbocycles. The largest absolute Gasteiger partial charge is 0.508 e. The molecular weight excluding hydrogens is 735 g/mol. The van der Waals surface area contributed by atoms with E-state index in [9.17, 15) is 14.3 Å². The van der Waals surface area contributed by atoms with E-state index in [1.807, 2.05) is 11.8 Å². The van der Waals surface area contributed by atoms with Gasteiger partial charge in [0.15, 0.2) is 11.5 Å². The van der Waals surface area contributed by atoms with Crippen LogP contribution in [-0.4, -0.2) is 105 Å². The third-order valence-electron chi connectivity index (χ3n) is 11.7. The molecule has 0 spiro atoms. The third kappa shape index (κ3) is 6.22. The Kier molecular flexibility index (Phi) is 9.25. The zero-order valence-corrected chi connectivity index (χ0v) is 31.2. The van der Waals surface area contributed by atoms with Crippen LogP contribution in [0.15, 0.2) is 36.4 Å². The minimum atomic E-state index is -0.960. The molecule has 288 valence electrons. The van der Waals surface area contributed by atoms with Gasteiger partial charge in [0.25, 0.3) is 5.91 Å². The van der Waals surface area contributed by atoms with Gasteiger partial charge in [-0.2, -0.15) is 15.1 Å². The summed E-state index contributed by atoms with van der Waals surface area (Å²) in [5.41, 5.74) is 1.16. The molecule has 6 heterocycles. The van der Waals surface area contributed by atoms with E-state index < -0.39 is 23.3 Å². The number of carbonyl (C=O) groups excluding carboxylic acids is 1. The smallest absolute Gasteiger partial charge is 0.319 e. The number of nitrogens with zero attached hydrogens (tertiary/aromatic N) is 7. The van der Waals surface area contributed by atoms with E-state index in [4.69, 9.17) is 26.1 Å². The van der Waals surface area contributed by atoms with E-state index in [1.165, 1.54) is 18.2 Å². The highest BCUT2D eigenvalue weighted by atomic mass is 35.5. The van der Waals surface area contributed by atoms with E-state index in [2.05, 4.69) is 15.0 Å². The molecule has 3 saturated heterocycles. The van der Waals surface area contributed by atoms with Gasteiger partial charge in [0, 0.05) is 50.1 Å². The number of phenolic OH excluding ortho intramolecular Hbond substituents is 1. The predicted octanol–water partition coefficient (Wildman–Crippen LogP) is 6.68. The van der Waals surface area contributed by atoms with Crippen LogP contribution in [-0.2, 0) is 24.2 Å². The lowest BCUT2D eigenvalue weighted by Gasteiger charge is -2.31. The van der Waals surface area contributed by atoms with Crippen LogP contribution < -0.4 is 9.64 Å². The van der Waals surface area contributed by atoms with Crippen LogP contribution in [0.3, 0.4) is 0 Å². The molecule has 0 unspecified atom stereocenters. The number of aryl methyl sites for hydroxylation is 2. The molecule has 55 heavy (non-hydrogen) atoms. The van der Waals surface area contributed by atoms with Crippen molar-refractivity contribution in [3.8, 4) is 22.9 Å². The average Bonchev–Trinajstić information content (AvgIpc) is 3.76. The van der Waals surface area contributed by atoms with E-state index in [1.54, 1.807) is 27.8 Å². The Labute approximate surface area is 320 Å². The first kappa shape index (κ1) is 36.0. The molecule has 3 fully saturated rings. The number of halogens is 4. The van der Waals surface area contributed by atoms with Crippen LogP contribution in [0.25, 0.3) is 32.8 Å². The summed E-state index contributed by atoms with van der Waals surface area (Å²) in [6, 6.07) is 9.18. The summed E-state index contributed by atoms with van der Waals surface area (Å²) in [5, 5.41) is 17.1. The van der Waals surface area contributed by atoms with E-state index >= 15 is 8.78 Å². The summed E-state index contributed by atoms with van der Waals surface area (Å²) in [4.78, 5) is 28.8. The van der Waals surface area contributed by atoms with Crippen molar-refractivity contribution in [1.29, 1.82) is 0 Å². The second-order valence-electron chi connectivity index (χ2n) is 15.0. The molecule has 1 amide bonds. The topological polar surface area (TPSA) is 109 Å².